The van der Waals surface area contributed by atoms with Gasteiger partial charge >= 0.3 is 0 Å². The number of benzene rings is 1. The second-order valence-electron chi connectivity index (χ2n) is 6.44. The van der Waals surface area contributed by atoms with Gasteiger partial charge in [0.1, 0.15) is 0 Å². The van der Waals surface area contributed by atoms with Gasteiger partial charge in [0.15, 0.2) is 0 Å². The Hall–Kier alpha value is -3.15. The molecule has 1 aromatic carbocycles. The second kappa shape index (κ2) is 8.98. The van der Waals surface area contributed by atoms with Gasteiger partial charge in [-0.05, 0) is 30.5 Å². The Balaban J connectivity index is 1.56. The van der Waals surface area contributed by atoms with E-state index in [4.69, 9.17) is 0 Å². The van der Waals surface area contributed by atoms with Gasteiger partial charge in [0.05, 0.1) is 11.1 Å². The Labute approximate surface area is 158 Å². The van der Waals surface area contributed by atoms with Crippen molar-refractivity contribution in [3.8, 4) is 0 Å². The largest absolute Gasteiger partial charge is 0.361 e. The van der Waals surface area contributed by atoms with Crippen molar-refractivity contribution in [2.24, 2.45) is 0 Å². The molecule has 3 N–H and O–H groups in total. The topological polar surface area (TPSA) is 86.9 Å². The fourth-order valence-electron chi connectivity index (χ4n) is 2.92. The van der Waals surface area contributed by atoms with E-state index >= 15 is 0 Å². The quantitative estimate of drug-likeness (QED) is 0.537. The van der Waals surface area contributed by atoms with E-state index in [1.807, 2.05) is 24.4 Å². The van der Waals surface area contributed by atoms with E-state index in [1.54, 1.807) is 6.07 Å². The van der Waals surface area contributed by atoms with Crippen LogP contribution >= 0.6 is 0 Å². The average Bonchev–Trinajstić information content (AvgIpc) is 3.11. The molecule has 0 unspecified atom stereocenters. The maximum atomic E-state index is 12.4. The number of aromatic nitrogens is 2. The number of hydrogen-bond donors (Lipinski definition) is 3. The Morgan fingerprint density at radius 2 is 1.74 bits per heavy atom. The van der Waals surface area contributed by atoms with E-state index in [2.05, 4.69) is 33.6 Å². The summed E-state index contributed by atoms with van der Waals surface area (Å²) in [5, 5.41) is 6.89. The van der Waals surface area contributed by atoms with Gasteiger partial charge in [-0.2, -0.15) is 0 Å². The van der Waals surface area contributed by atoms with Crippen LogP contribution < -0.4 is 10.6 Å². The van der Waals surface area contributed by atoms with Gasteiger partial charge < -0.3 is 15.6 Å². The lowest BCUT2D eigenvalue weighted by molar-refractivity contribution is 0.0952. The SMILES string of the molecule is CCCCNC(=O)c1cncc(C(=O)NCCc2c[nH]c3ccccc23)c1. The van der Waals surface area contributed by atoms with Gasteiger partial charge in [-0.1, -0.05) is 31.5 Å². The molecular formula is C21H24N4O2. The molecule has 2 amide bonds. The summed E-state index contributed by atoms with van der Waals surface area (Å²) in [6.45, 7) is 3.19. The summed E-state index contributed by atoms with van der Waals surface area (Å²) in [6.07, 6.45) is 7.58. The van der Waals surface area contributed by atoms with Crippen molar-refractivity contribution in [3.63, 3.8) is 0 Å². The molecule has 0 spiro atoms. The first-order valence-corrected chi connectivity index (χ1v) is 9.25. The summed E-state index contributed by atoms with van der Waals surface area (Å²) in [5.41, 5.74) is 3.03. The first-order chi connectivity index (χ1) is 13.2. The number of nitrogens with zero attached hydrogens (tertiary/aromatic N) is 1. The predicted molar refractivity (Wildman–Crippen MR) is 106 cm³/mol. The van der Waals surface area contributed by atoms with Crippen LogP contribution in [-0.2, 0) is 6.42 Å². The first-order valence-electron chi connectivity index (χ1n) is 9.25. The van der Waals surface area contributed by atoms with Crippen molar-refractivity contribution >= 4 is 22.7 Å². The van der Waals surface area contributed by atoms with E-state index in [0.29, 0.717) is 24.2 Å². The third-order valence-electron chi connectivity index (χ3n) is 4.43. The third kappa shape index (κ3) is 4.73. The van der Waals surface area contributed by atoms with Gasteiger partial charge in [0.2, 0.25) is 0 Å². The van der Waals surface area contributed by atoms with Gasteiger partial charge in [-0.25, -0.2) is 0 Å². The number of unbranched alkanes of at least 4 members (excludes halogenated alkanes) is 1. The zero-order chi connectivity index (χ0) is 19.1. The molecule has 0 bridgehead atoms. The van der Waals surface area contributed by atoms with E-state index in [1.165, 1.54) is 17.8 Å². The molecule has 0 aliphatic rings. The highest BCUT2D eigenvalue weighted by Crippen LogP contribution is 2.17. The molecule has 0 saturated carbocycles. The Kier molecular flexibility index (Phi) is 6.20. The lowest BCUT2D eigenvalue weighted by Gasteiger charge is -2.07. The number of carbonyl (C=O) groups is 2. The lowest BCUT2D eigenvalue weighted by atomic mass is 10.1. The monoisotopic (exact) mass is 364 g/mol. The van der Waals surface area contributed by atoms with Crippen LogP contribution in [0.5, 0.6) is 0 Å². The maximum absolute atomic E-state index is 12.4. The predicted octanol–water partition coefficient (Wildman–Crippen LogP) is 3.07. The van der Waals surface area contributed by atoms with Crippen LogP contribution in [0.25, 0.3) is 10.9 Å². The number of H-pyrrole nitrogens is 1. The summed E-state index contributed by atoms with van der Waals surface area (Å²) in [7, 11) is 0. The number of fused-ring (bicyclic) bond motifs is 1. The number of aromatic amines is 1. The first kappa shape index (κ1) is 18.6. The summed E-state index contributed by atoms with van der Waals surface area (Å²) >= 11 is 0. The normalized spacial score (nSPS) is 10.7. The molecule has 2 aromatic heterocycles. The maximum Gasteiger partial charge on any atom is 0.252 e. The number of hydrogen-bond acceptors (Lipinski definition) is 3. The van der Waals surface area contributed by atoms with E-state index < -0.39 is 0 Å². The summed E-state index contributed by atoms with van der Waals surface area (Å²) < 4.78 is 0. The van der Waals surface area contributed by atoms with Crippen molar-refractivity contribution in [2.45, 2.75) is 26.2 Å². The molecule has 27 heavy (non-hydrogen) atoms. The summed E-state index contributed by atoms with van der Waals surface area (Å²) in [6, 6.07) is 9.66. The molecule has 0 fully saturated rings. The molecule has 6 nitrogen and oxygen atoms in total. The molecule has 3 rings (SSSR count). The zero-order valence-electron chi connectivity index (χ0n) is 15.4. The van der Waals surface area contributed by atoms with E-state index in [0.717, 1.165) is 30.3 Å². The van der Waals surface area contributed by atoms with Crippen LogP contribution in [-0.4, -0.2) is 34.9 Å². The molecule has 3 aromatic rings. The van der Waals surface area contributed by atoms with E-state index in [9.17, 15) is 9.59 Å². The van der Waals surface area contributed by atoms with Crippen LogP contribution in [0.1, 0.15) is 46.0 Å². The van der Waals surface area contributed by atoms with Crippen molar-refractivity contribution in [2.75, 3.05) is 13.1 Å². The highest BCUT2D eigenvalue weighted by atomic mass is 16.2. The van der Waals surface area contributed by atoms with E-state index in [-0.39, 0.29) is 11.8 Å². The lowest BCUT2D eigenvalue weighted by Crippen LogP contribution is -2.27. The molecule has 0 saturated heterocycles. The van der Waals surface area contributed by atoms with Crippen molar-refractivity contribution in [1.82, 2.24) is 20.6 Å². The third-order valence-corrected chi connectivity index (χ3v) is 4.43. The Bertz CT molecular complexity index is 933. The number of carbonyl (C=O) groups excluding carboxylic acids is 2. The van der Waals surface area contributed by atoms with Crippen LogP contribution in [0.4, 0.5) is 0 Å². The Morgan fingerprint density at radius 3 is 2.48 bits per heavy atom. The zero-order valence-corrected chi connectivity index (χ0v) is 15.4. The van der Waals surface area contributed by atoms with Crippen LogP contribution in [0.15, 0.2) is 48.9 Å². The highest BCUT2D eigenvalue weighted by molar-refractivity contribution is 5.99. The van der Waals surface area contributed by atoms with Crippen molar-refractivity contribution in [3.05, 3.63) is 65.6 Å². The van der Waals surface area contributed by atoms with Gasteiger partial charge in [-0.3, -0.25) is 14.6 Å². The highest BCUT2D eigenvalue weighted by Gasteiger charge is 2.11. The number of nitrogens with one attached hydrogen (secondary N) is 3. The standard InChI is InChI=1S/C21H24N4O2/c1-2-3-9-23-20(26)16-11-17(13-22-12-16)21(27)24-10-8-15-14-25-19-7-5-4-6-18(15)19/h4-7,11-14,25H,2-3,8-10H2,1H3,(H,23,26)(H,24,27). The average molecular weight is 364 g/mol. The minimum absolute atomic E-state index is 0.204. The molecular weight excluding hydrogens is 340 g/mol. The number of para-hydroxylation sites is 1. The molecule has 140 valence electrons. The molecule has 0 aliphatic carbocycles. The van der Waals surface area contributed by atoms with Crippen LogP contribution in [0.3, 0.4) is 0 Å². The van der Waals surface area contributed by atoms with Gasteiger partial charge in [0, 0.05) is 42.6 Å². The van der Waals surface area contributed by atoms with Crippen molar-refractivity contribution in [1.29, 1.82) is 0 Å². The molecule has 0 aliphatic heterocycles. The number of amides is 2. The Morgan fingerprint density at radius 1 is 1.04 bits per heavy atom. The van der Waals surface area contributed by atoms with Crippen molar-refractivity contribution < 1.29 is 9.59 Å². The molecule has 0 radical (unpaired) electrons. The summed E-state index contributed by atoms with van der Waals surface area (Å²) in [4.78, 5) is 31.7. The minimum atomic E-state index is -0.231. The second-order valence-corrected chi connectivity index (χ2v) is 6.44. The summed E-state index contributed by atoms with van der Waals surface area (Å²) in [5.74, 6) is -0.435. The van der Waals surface area contributed by atoms with Gasteiger partial charge in [0.25, 0.3) is 11.8 Å². The number of pyridine rings is 1. The fourth-order valence-corrected chi connectivity index (χ4v) is 2.92. The molecule has 0 atom stereocenters. The van der Waals surface area contributed by atoms with Gasteiger partial charge in [-0.15, -0.1) is 0 Å². The number of rotatable bonds is 8. The molecule has 6 heteroatoms. The minimum Gasteiger partial charge on any atom is -0.361 e. The van der Waals surface area contributed by atoms with Crippen LogP contribution in [0.2, 0.25) is 0 Å². The molecule has 2 heterocycles. The van der Waals surface area contributed by atoms with Crippen LogP contribution in [0, 0.1) is 0 Å². The fraction of sp³-hybridized carbons (Fsp3) is 0.286. The smallest absolute Gasteiger partial charge is 0.252 e.